The number of carbonyl (C=O) groups is 1. The van der Waals surface area contributed by atoms with E-state index >= 15 is 0 Å². The van der Waals surface area contributed by atoms with Gasteiger partial charge in [-0.25, -0.2) is 0 Å². The molecule has 1 aromatic carbocycles. The van der Waals surface area contributed by atoms with Crippen LogP contribution in [0, 0.1) is 0 Å². The second kappa shape index (κ2) is 8.09. The monoisotopic (exact) mass is 331 g/mol. The summed E-state index contributed by atoms with van der Waals surface area (Å²) in [6, 6.07) is 11.9. The fourth-order valence-corrected chi connectivity index (χ4v) is 2.89. The number of aromatic nitrogens is 1. The first-order chi connectivity index (χ1) is 10.8. The van der Waals surface area contributed by atoms with Crippen LogP contribution < -0.4 is 5.73 Å². The van der Waals surface area contributed by atoms with E-state index in [1.807, 2.05) is 29.2 Å². The van der Waals surface area contributed by atoms with Gasteiger partial charge in [-0.05, 0) is 43.5 Å². The summed E-state index contributed by atoms with van der Waals surface area (Å²) >= 11 is 0. The van der Waals surface area contributed by atoms with Crippen LogP contribution in [0.3, 0.4) is 0 Å². The molecular formula is C18H22ClN3O. The van der Waals surface area contributed by atoms with Crippen LogP contribution in [0.4, 0.5) is 0 Å². The predicted octanol–water partition coefficient (Wildman–Crippen LogP) is 2.91. The summed E-state index contributed by atoms with van der Waals surface area (Å²) in [5, 5.41) is 0. The average Bonchev–Trinajstić information content (AvgIpc) is 3.10. The molecule has 1 saturated heterocycles. The summed E-state index contributed by atoms with van der Waals surface area (Å²) in [6.45, 7) is 2.34. The maximum atomic E-state index is 12.7. The minimum absolute atomic E-state index is 0. The third-order valence-corrected chi connectivity index (χ3v) is 4.09. The van der Waals surface area contributed by atoms with Crippen molar-refractivity contribution < 1.29 is 4.79 Å². The van der Waals surface area contributed by atoms with Crippen molar-refractivity contribution in [3.8, 4) is 11.3 Å². The lowest BCUT2D eigenvalue weighted by molar-refractivity contribution is 0.0793. The van der Waals surface area contributed by atoms with Crippen LogP contribution in [0.15, 0.2) is 42.6 Å². The van der Waals surface area contributed by atoms with E-state index in [1.54, 1.807) is 6.20 Å². The summed E-state index contributed by atoms with van der Waals surface area (Å²) in [7, 11) is 0. The molecule has 23 heavy (non-hydrogen) atoms. The molecule has 3 rings (SSSR count). The van der Waals surface area contributed by atoms with Gasteiger partial charge >= 0.3 is 0 Å². The van der Waals surface area contributed by atoms with Crippen molar-refractivity contribution in [3.05, 3.63) is 53.7 Å². The van der Waals surface area contributed by atoms with E-state index in [1.165, 1.54) is 5.56 Å². The van der Waals surface area contributed by atoms with E-state index < -0.39 is 0 Å². The zero-order chi connectivity index (χ0) is 15.4. The van der Waals surface area contributed by atoms with Gasteiger partial charge < -0.3 is 10.6 Å². The van der Waals surface area contributed by atoms with Crippen LogP contribution in [-0.4, -0.2) is 35.4 Å². The summed E-state index contributed by atoms with van der Waals surface area (Å²) in [4.78, 5) is 19.0. The molecule has 2 aromatic rings. The molecule has 1 aromatic heterocycles. The molecular weight excluding hydrogens is 310 g/mol. The highest BCUT2D eigenvalue weighted by Gasteiger charge is 2.22. The molecule has 1 aliphatic rings. The van der Waals surface area contributed by atoms with Crippen molar-refractivity contribution in [1.29, 1.82) is 0 Å². The maximum Gasteiger partial charge on any atom is 0.256 e. The van der Waals surface area contributed by atoms with E-state index in [0.29, 0.717) is 12.1 Å². The summed E-state index contributed by atoms with van der Waals surface area (Å²) in [5.74, 6) is 0.0895. The standard InChI is InChI=1S/C18H21N3O.ClH/c19-10-9-14-5-7-15(8-6-14)17-16(4-3-11-20-17)18(22)21-12-1-2-13-21;/h3-8,11H,1-2,9-10,12-13,19H2;1H. The topological polar surface area (TPSA) is 59.2 Å². The number of nitrogens with two attached hydrogens (primary N) is 1. The first kappa shape index (κ1) is 17.4. The number of halogens is 1. The van der Waals surface area contributed by atoms with Crippen molar-refractivity contribution in [2.75, 3.05) is 19.6 Å². The van der Waals surface area contributed by atoms with Gasteiger partial charge in [0.05, 0.1) is 11.3 Å². The normalized spacial score (nSPS) is 13.7. The Kier molecular flexibility index (Phi) is 6.13. The molecule has 1 aliphatic heterocycles. The smallest absolute Gasteiger partial charge is 0.256 e. The van der Waals surface area contributed by atoms with Crippen LogP contribution in [0.25, 0.3) is 11.3 Å². The molecule has 0 radical (unpaired) electrons. The number of hydrogen-bond donors (Lipinski definition) is 1. The Bertz CT molecular complexity index is 652. The molecule has 0 bridgehead atoms. The van der Waals surface area contributed by atoms with Crippen molar-refractivity contribution in [2.24, 2.45) is 5.73 Å². The highest BCUT2D eigenvalue weighted by molar-refractivity contribution is 6.00. The van der Waals surface area contributed by atoms with Gasteiger partial charge in [0.1, 0.15) is 0 Å². The molecule has 2 heterocycles. The molecule has 0 saturated carbocycles. The molecule has 5 heteroatoms. The summed E-state index contributed by atoms with van der Waals surface area (Å²) in [5.41, 5.74) is 9.21. The molecule has 2 N–H and O–H groups in total. The quantitative estimate of drug-likeness (QED) is 0.937. The van der Waals surface area contributed by atoms with Gasteiger partial charge in [0.25, 0.3) is 5.91 Å². The number of likely N-dealkylation sites (tertiary alicyclic amines) is 1. The number of carbonyl (C=O) groups excluding carboxylic acids is 1. The summed E-state index contributed by atoms with van der Waals surface area (Å²) in [6.07, 6.45) is 4.79. The lowest BCUT2D eigenvalue weighted by atomic mass is 10.0. The highest BCUT2D eigenvalue weighted by Crippen LogP contribution is 2.24. The average molecular weight is 332 g/mol. The molecule has 0 aliphatic carbocycles. The zero-order valence-corrected chi connectivity index (χ0v) is 13.9. The minimum Gasteiger partial charge on any atom is -0.339 e. The minimum atomic E-state index is 0. The second-order valence-electron chi connectivity index (χ2n) is 5.63. The number of benzene rings is 1. The molecule has 0 spiro atoms. The van der Waals surface area contributed by atoms with Crippen LogP contribution >= 0.6 is 12.4 Å². The first-order valence-electron chi connectivity index (χ1n) is 7.83. The van der Waals surface area contributed by atoms with Gasteiger partial charge in [-0.2, -0.15) is 0 Å². The number of pyridine rings is 1. The van der Waals surface area contributed by atoms with E-state index in [0.717, 1.165) is 43.6 Å². The highest BCUT2D eigenvalue weighted by atomic mass is 35.5. The third-order valence-electron chi connectivity index (χ3n) is 4.09. The van der Waals surface area contributed by atoms with Gasteiger partial charge in [-0.15, -0.1) is 12.4 Å². The molecule has 1 amide bonds. The fourth-order valence-electron chi connectivity index (χ4n) is 2.89. The van der Waals surface area contributed by atoms with E-state index in [2.05, 4.69) is 17.1 Å². The summed E-state index contributed by atoms with van der Waals surface area (Å²) < 4.78 is 0. The number of amides is 1. The van der Waals surface area contributed by atoms with Gasteiger partial charge in [0.2, 0.25) is 0 Å². The Morgan fingerprint density at radius 3 is 2.48 bits per heavy atom. The zero-order valence-electron chi connectivity index (χ0n) is 13.1. The first-order valence-corrected chi connectivity index (χ1v) is 7.83. The Hall–Kier alpha value is -1.91. The Morgan fingerprint density at radius 1 is 1.13 bits per heavy atom. The number of rotatable bonds is 4. The van der Waals surface area contributed by atoms with E-state index in [-0.39, 0.29) is 18.3 Å². The largest absolute Gasteiger partial charge is 0.339 e. The van der Waals surface area contributed by atoms with Crippen molar-refractivity contribution >= 4 is 18.3 Å². The van der Waals surface area contributed by atoms with E-state index in [4.69, 9.17) is 5.73 Å². The molecule has 0 unspecified atom stereocenters. The molecule has 122 valence electrons. The van der Waals surface area contributed by atoms with Gasteiger partial charge in [0, 0.05) is 24.8 Å². The molecule has 4 nitrogen and oxygen atoms in total. The Balaban J connectivity index is 0.00000192. The van der Waals surface area contributed by atoms with E-state index in [9.17, 15) is 4.79 Å². The van der Waals surface area contributed by atoms with Gasteiger partial charge in [-0.3, -0.25) is 9.78 Å². The van der Waals surface area contributed by atoms with Crippen LogP contribution in [0.1, 0.15) is 28.8 Å². The lowest BCUT2D eigenvalue weighted by Gasteiger charge is -2.17. The van der Waals surface area contributed by atoms with Crippen LogP contribution in [0.2, 0.25) is 0 Å². The van der Waals surface area contributed by atoms with Crippen LogP contribution in [-0.2, 0) is 6.42 Å². The SMILES string of the molecule is Cl.NCCc1ccc(-c2ncccc2C(=O)N2CCCC2)cc1. The van der Waals surface area contributed by atoms with Gasteiger partial charge in [-0.1, -0.05) is 24.3 Å². The number of hydrogen-bond acceptors (Lipinski definition) is 3. The Labute approximate surface area is 143 Å². The maximum absolute atomic E-state index is 12.7. The number of nitrogens with zero attached hydrogens (tertiary/aromatic N) is 2. The lowest BCUT2D eigenvalue weighted by Crippen LogP contribution is -2.28. The molecule has 0 atom stereocenters. The Morgan fingerprint density at radius 2 is 1.83 bits per heavy atom. The van der Waals surface area contributed by atoms with Crippen molar-refractivity contribution in [1.82, 2.24) is 9.88 Å². The van der Waals surface area contributed by atoms with Crippen molar-refractivity contribution in [3.63, 3.8) is 0 Å². The van der Waals surface area contributed by atoms with Gasteiger partial charge in [0.15, 0.2) is 0 Å². The predicted molar refractivity (Wildman–Crippen MR) is 94.8 cm³/mol. The third kappa shape index (κ3) is 3.89. The molecule has 1 fully saturated rings. The second-order valence-corrected chi connectivity index (χ2v) is 5.63. The van der Waals surface area contributed by atoms with Crippen molar-refractivity contribution in [2.45, 2.75) is 19.3 Å². The van der Waals surface area contributed by atoms with Crippen LogP contribution in [0.5, 0.6) is 0 Å². The fraction of sp³-hybridized carbons (Fsp3) is 0.333.